The number of hydrogen-bond acceptors (Lipinski definition) is 13. The highest BCUT2D eigenvalue weighted by molar-refractivity contribution is 5.99. The Morgan fingerprint density at radius 1 is 0.610 bits per heavy atom. The van der Waals surface area contributed by atoms with E-state index in [2.05, 4.69) is 89.6 Å². The van der Waals surface area contributed by atoms with Crippen LogP contribution in [0.3, 0.4) is 0 Å². The maximum absolute atomic E-state index is 13.0. The number of fused-ring (bicyclic) bond motifs is 1. The molecule has 19 heteroatoms. The first kappa shape index (κ1) is 69.8. The Morgan fingerprint density at radius 3 is 1.56 bits per heavy atom. The zero-order valence-electron chi connectivity index (χ0n) is 49.8. The summed E-state index contributed by atoms with van der Waals surface area (Å²) in [7, 11) is 0. The van der Waals surface area contributed by atoms with Gasteiger partial charge in [0, 0.05) is 69.8 Å². The first-order valence-electron chi connectivity index (χ1n) is 31.1. The number of H-pyrrole nitrogens is 1. The van der Waals surface area contributed by atoms with Gasteiger partial charge in [0.2, 0.25) is 23.7 Å². The summed E-state index contributed by atoms with van der Waals surface area (Å²) < 4.78 is 0. The Hall–Kier alpha value is -6.50. The molecule has 19 nitrogen and oxygen atoms in total. The number of ketones is 1. The smallest absolute Gasteiger partial charge is 0.326 e. The number of aromatic amines is 1. The van der Waals surface area contributed by atoms with Crippen molar-refractivity contribution in [3.05, 3.63) is 76.4 Å². The van der Waals surface area contributed by atoms with Gasteiger partial charge in [-0.25, -0.2) is 14.8 Å². The molecule has 3 rings (SSSR count). The first-order valence-corrected chi connectivity index (χ1v) is 31.1. The second kappa shape index (κ2) is 45.1. The van der Waals surface area contributed by atoms with Crippen LogP contribution >= 0.6 is 0 Å². The van der Waals surface area contributed by atoms with E-state index in [1.807, 2.05) is 0 Å². The summed E-state index contributed by atoms with van der Waals surface area (Å²) >= 11 is 0. The molecule has 0 saturated carbocycles. The van der Waals surface area contributed by atoms with E-state index < -0.39 is 41.6 Å². The molecular formula is C63H101N11O8. The molecule has 0 radical (unpaired) electrons. The second-order valence-electron chi connectivity index (χ2n) is 21.6. The van der Waals surface area contributed by atoms with Gasteiger partial charge in [0.1, 0.15) is 11.8 Å². The van der Waals surface area contributed by atoms with Gasteiger partial charge < -0.3 is 42.4 Å². The van der Waals surface area contributed by atoms with Crippen LogP contribution in [0.5, 0.6) is 0 Å². The number of benzene rings is 1. The number of amides is 4. The molecule has 1 aromatic carbocycles. The van der Waals surface area contributed by atoms with Crippen LogP contribution in [0.25, 0.3) is 11.2 Å². The number of carbonyl (C=O) groups excluding carboxylic acids is 5. The molecule has 0 aliphatic rings. The van der Waals surface area contributed by atoms with E-state index in [4.69, 9.17) is 5.73 Å². The van der Waals surface area contributed by atoms with E-state index in [9.17, 15) is 38.7 Å². The first-order chi connectivity index (χ1) is 39.9. The van der Waals surface area contributed by atoms with Crippen molar-refractivity contribution in [2.75, 3.05) is 50.3 Å². The molecular weight excluding hydrogens is 1040 g/mol. The number of Topliss-reactive ketones (excluding diaryl/α,β-unsaturated/α-hetero) is 1. The maximum atomic E-state index is 13.0. The minimum atomic E-state index is -1.38. The summed E-state index contributed by atoms with van der Waals surface area (Å²) in [6, 6.07) is 4.87. The van der Waals surface area contributed by atoms with Gasteiger partial charge in [-0.2, -0.15) is 4.98 Å². The summed E-state index contributed by atoms with van der Waals surface area (Å²) in [4.78, 5) is 105. The standard InChI is InChI=1S/C63H101N11O8/c1-3-5-7-9-11-13-15-17-19-21-23-25-27-29-31-33-55(76)65-41-44-74(45-42-66-56(77)34-32-30-28-26-24-22-20-18-16-14-12-10-8-6-4-2)46-43-67-57(78)47-53(75)39-40-54(62(81)82)71-60(79)50-35-37-51(38-36-50)68-48-52-49-69-59-58(70-52)61(80)73-63(64)72-59/h17-20,35-38,49,54,68H,3-16,21-34,39-48H2,1-2H3,(H,65,76)(H,66,77)(H,67,78)(H,71,79)(H,81,82)(H3,64,69,72,73,80)/b19-17-,20-18-/t54-/m0/s1. The summed E-state index contributed by atoms with van der Waals surface area (Å²) in [5.41, 5.74) is 6.47. The van der Waals surface area contributed by atoms with Gasteiger partial charge in [-0.3, -0.25) is 33.7 Å². The molecule has 456 valence electrons. The Bertz CT molecular complexity index is 2350. The number of nitrogens with one attached hydrogen (secondary N) is 6. The van der Waals surface area contributed by atoms with Crippen LogP contribution in [0.15, 0.2) is 59.6 Å². The lowest BCUT2D eigenvalue weighted by Crippen LogP contribution is -2.43. The average Bonchev–Trinajstić information content (AvgIpc) is 3.63. The van der Waals surface area contributed by atoms with Gasteiger partial charge in [0.25, 0.3) is 5.91 Å². The molecule has 9 N–H and O–H groups in total. The fourth-order valence-corrected chi connectivity index (χ4v) is 9.41. The highest BCUT2D eigenvalue weighted by atomic mass is 16.4. The number of carboxylic acids is 1. The van der Waals surface area contributed by atoms with Crippen molar-refractivity contribution in [2.45, 2.75) is 225 Å². The zero-order valence-corrected chi connectivity index (χ0v) is 49.8. The molecule has 0 saturated heterocycles. The number of hydrogen-bond donors (Lipinski definition) is 8. The Kier molecular flexibility index (Phi) is 38.3. The molecule has 2 aromatic heterocycles. The van der Waals surface area contributed by atoms with Crippen LogP contribution in [0.4, 0.5) is 11.6 Å². The molecule has 82 heavy (non-hydrogen) atoms. The van der Waals surface area contributed by atoms with Crippen molar-refractivity contribution in [1.82, 2.24) is 46.1 Å². The third kappa shape index (κ3) is 34.1. The minimum absolute atomic E-state index is 0.00196. The highest BCUT2D eigenvalue weighted by Crippen LogP contribution is 2.15. The number of nitrogens with zero attached hydrogens (tertiary/aromatic N) is 4. The largest absolute Gasteiger partial charge is 0.480 e. The Balaban J connectivity index is 1.36. The fraction of sp³-hybridized carbons (Fsp3) is 0.651. The molecule has 2 heterocycles. The number of carbonyl (C=O) groups is 6. The van der Waals surface area contributed by atoms with Crippen LogP contribution in [-0.4, -0.2) is 111 Å². The van der Waals surface area contributed by atoms with E-state index in [-0.39, 0.29) is 60.4 Å². The molecule has 1 atom stereocenters. The number of rotatable bonds is 50. The van der Waals surface area contributed by atoms with Gasteiger partial charge in [0.05, 0.1) is 24.9 Å². The number of allylic oxidation sites excluding steroid dienone is 4. The summed E-state index contributed by atoms with van der Waals surface area (Å²) in [5.74, 6) is -3.03. The van der Waals surface area contributed by atoms with Gasteiger partial charge in [-0.1, -0.05) is 141 Å². The van der Waals surface area contributed by atoms with Crippen molar-refractivity contribution in [2.24, 2.45) is 0 Å². The van der Waals surface area contributed by atoms with Crippen LogP contribution in [0, 0.1) is 0 Å². The number of anilines is 2. The molecule has 0 fully saturated rings. The van der Waals surface area contributed by atoms with Crippen LogP contribution in [-0.2, 0) is 30.5 Å². The molecule has 0 spiro atoms. The predicted molar refractivity (Wildman–Crippen MR) is 328 cm³/mol. The quantitative estimate of drug-likeness (QED) is 0.0148. The number of aliphatic carboxylic acids is 1. The Labute approximate surface area is 488 Å². The molecule has 4 amide bonds. The average molecular weight is 1140 g/mol. The zero-order chi connectivity index (χ0) is 59.3. The third-order valence-corrected chi connectivity index (χ3v) is 14.4. The number of unbranched alkanes of at least 4 members (excludes halogenated alkanes) is 22. The minimum Gasteiger partial charge on any atom is -0.480 e. The Morgan fingerprint density at radius 2 is 1.07 bits per heavy atom. The van der Waals surface area contributed by atoms with Gasteiger partial charge in [-0.05, 0) is 94.9 Å². The number of nitrogen functional groups attached to an aromatic ring is 1. The van der Waals surface area contributed by atoms with Crippen LogP contribution < -0.4 is 37.9 Å². The van der Waals surface area contributed by atoms with E-state index in [1.165, 1.54) is 121 Å². The normalized spacial score (nSPS) is 11.8. The summed E-state index contributed by atoms with van der Waals surface area (Å²) in [6.45, 7) is 7.14. The maximum Gasteiger partial charge on any atom is 0.326 e. The topological polar surface area (TPSA) is 284 Å². The van der Waals surface area contributed by atoms with Gasteiger partial charge >= 0.3 is 11.5 Å². The number of nitrogens with two attached hydrogens (primary N) is 1. The van der Waals surface area contributed by atoms with Crippen LogP contribution in [0.1, 0.15) is 229 Å². The lowest BCUT2D eigenvalue weighted by molar-refractivity contribution is -0.139. The molecule has 0 bridgehead atoms. The highest BCUT2D eigenvalue weighted by Gasteiger charge is 2.23. The van der Waals surface area contributed by atoms with Crippen molar-refractivity contribution >= 4 is 58.2 Å². The second-order valence-corrected chi connectivity index (χ2v) is 21.6. The van der Waals surface area contributed by atoms with E-state index in [1.54, 1.807) is 12.1 Å². The predicted octanol–water partition coefficient (Wildman–Crippen LogP) is 10.6. The monoisotopic (exact) mass is 1140 g/mol. The summed E-state index contributed by atoms with van der Waals surface area (Å²) in [6.07, 6.45) is 41.8. The number of aromatic nitrogens is 4. The van der Waals surface area contributed by atoms with Gasteiger partial charge in [0.15, 0.2) is 11.2 Å². The molecule has 0 aliphatic carbocycles. The lowest BCUT2D eigenvalue weighted by Gasteiger charge is -2.23. The summed E-state index contributed by atoms with van der Waals surface area (Å²) in [5, 5.41) is 24.3. The third-order valence-electron chi connectivity index (χ3n) is 14.4. The van der Waals surface area contributed by atoms with Crippen LogP contribution in [0.2, 0.25) is 0 Å². The van der Waals surface area contributed by atoms with E-state index >= 15 is 0 Å². The molecule has 0 aliphatic heterocycles. The molecule has 3 aromatic rings. The van der Waals surface area contributed by atoms with Gasteiger partial charge in [-0.15, -0.1) is 0 Å². The van der Waals surface area contributed by atoms with Crippen molar-refractivity contribution < 1.29 is 33.9 Å². The fourth-order valence-electron chi connectivity index (χ4n) is 9.41. The number of carboxylic acid groups (broad SMARTS) is 1. The molecule has 0 unspecified atom stereocenters. The van der Waals surface area contributed by atoms with Crippen molar-refractivity contribution in [1.29, 1.82) is 0 Å². The lowest BCUT2D eigenvalue weighted by atomic mass is 10.1. The van der Waals surface area contributed by atoms with Crippen molar-refractivity contribution in [3.63, 3.8) is 0 Å². The van der Waals surface area contributed by atoms with E-state index in [0.29, 0.717) is 56.9 Å². The van der Waals surface area contributed by atoms with E-state index in [0.717, 1.165) is 64.2 Å². The SMILES string of the molecule is CCCCCCCC/C=C\CCCCCCCC(=O)NCCN(CCNC(=O)CCCCCCC/C=C\CCCCCCCC)CCNC(=O)CC(=O)CC[C@H](NC(=O)c1ccc(NCc2cnc3[nH]c(N)nc(=O)c3n2)cc1)C(=O)O. The van der Waals surface area contributed by atoms with Crippen molar-refractivity contribution in [3.8, 4) is 0 Å².